The average Bonchev–Trinajstić information content (AvgIpc) is 2.82. The lowest BCUT2D eigenvalue weighted by molar-refractivity contribution is -0.384. The van der Waals surface area contributed by atoms with E-state index in [9.17, 15) is 10.1 Å². The molecular weight excluding hydrogens is 238 g/mol. The summed E-state index contributed by atoms with van der Waals surface area (Å²) in [5, 5.41) is 16.5. The maximum Gasteiger partial charge on any atom is 0.269 e. The quantitative estimate of drug-likeness (QED) is 0.667. The van der Waals surface area contributed by atoms with E-state index >= 15 is 0 Å². The minimum Gasteiger partial charge on any atom is -0.355 e. The highest BCUT2D eigenvalue weighted by molar-refractivity contribution is 7.13. The van der Waals surface area contributed by atoms with Crippen LogP contribution in [-0.4, -0.2) is 9.91 Å². The predicted octanol–water partition coefficient (Wildman–Crippen LogP) is 3.22. The Morgan fingerprint density at radius 2 is 2.12 bits per heavy atom. The lowest BCUT2D eigenvalue weighted by atomic mass is 10.1. The van der Waals surface area contributed by atoms with Crippen molar-refractivity contribution in [2.24, 2.45) is 0 Å². The fourth-order valence-electron chi connectivity index (χ4n) is 1.45. The van der Waals surface area contributed by atoms with Gasteiger partial charge in [-0.05, 0) is 12.5 Å². The monoisotopic (exact) mass is 249 g/mol. The number of non-ortho nitro benzene ring substituents is 1. The molecule has 1 unspecified atom stereocenters. The molecule has 0 bridgehead atoms. The summed E-state index contributed by atoms with van der Waals surface area (Å²) in [4.78, 5) is 14.2. The highest BCUT2D eigenvalue weighted by Crippen LogP contribution is 2.22. The third-order valence-electron chi connectivity index (χ3n) is 2.38. The molecule has 1 aromatic carbocycles. The zero-order chi connectivity index (χ0) is 12.3. The summed E-state index contributed by atoms with van der Waals surface area (Å²) in [6.45, 7) is 1.99. The highest BCUT2D eigenvalue weighted by atomic mass is 32.1. The van der Waals surface area contributed by atoms with Gasteiger partial charge in [0.25, 0.3) is 5.69 Å². The van der Waals surface area contributed by atoms with Crippen molar-refractivity contribution >= 4 is 22.2 Å². The Bertz CT molecular complexity index is 496. The van der Waals surface area contributed by atoms with Crippen molar-refractivity contribution in [1.29, 1.82) is 0 Å². The minimum absolute atomic E-state index is 0.0713. The molecule has 2 rings (SSSR count). The van der Waals surface area contributed by atoms with Crippen LogP contribution in [-0.2, 0) is 0 Å². The smallest absolute Gasteiger partial charge is 0.269 e. The molecule has 2 aromatic rings. The number of hydrogen-bond acceptors (Lipinski definition) is 5. The van der Waals surface area contributed by atoms with Gasteiger partial charge in [0.1, 0.15) is 0 Å². The molecule has 17 heavy (non-hydrogen) atoms. The van der Waals surface area contributed by atoms with Crippen LogP contribution in [0.4, 0.5) is 10.8 Å². The summed E-state index contributed by atoms with van der Waals surface area (Å²) >= 11 is 1.52. The molecular formula is C11H11N3O2S. The molecule has 0 fully saturated rings. The summed E-state index contributed by atoms with van der Waals surface area (Å²) in [6, 6.07) is 6.60. The largest absolute Gasteiger partial charge is 0.355 e. The third kappa shape index (κ3) is 2.79. The first-order valence-electron chi connectivity index (χ1n) is 5.07. The lowest BCUT2D eigenvalue weighted by Gasteiger charge is -2.12. The molecule has 6 heteroatoms. The van der Waals surface area contributed by atoms with E-state index in [0.717, 1.165) is 10.7 Å². The van der Waals surface area contributed by atoms with E-state index in [1.54, 1.807) is 18.3 Å². The first kappa shape index (κ1) is 11.5. The number of nitro groups is 1. The zero-order valence-corrected chi connectivity index (χ0v) is 9.98. The van der Waals surface area contributed by atoms with Gasteiger partial charge in [0, 0.05) is 23.7 Å². The van der Waals surface area contributed by atoms with E-state index in [0.29, 0.717) is 0 Å². The molecule has 1 N–H and O–H groups in total. The molecule has 0 radical (unpaired) electrons. The van der Waals surface area contributed by atoms with E-state index in [-0.39, 0.29) is 11.7 Å². The molecule has 0 saturated carbocycles. The molecule has 0 saturated heterocycles. The summed E-state index contributed by atoms with van der Waals surface area (Å²) in [6.07, 6.45) is 1.73. The first-order chi connectivity index (χ1) is 8.16. The number of hydrogen-bond donors (Lipinski definition) is 1. The van der Waals surface area contributed by atoms with E-state index in [1.807, 2.05) is 12.3 Å². The summed E-state index contributed by atoms with van der Waals surface area (Å²) in [5.74, 6) is 0. The molecule has 0 aliphatic heterocycles. The number of nitrogens with one attached hydrogen (secondary N) is 1. The van der Waals surface area contributed by atoms with Gasteiger partial charge in [0.2, 0.25) is 0 Å². The van der Waals surface area contributed by atoms with E-state index < -0.39 is 4.92 Å². The third-order valence-corrected chi connectivity index (χ3v) is 3.08. The van der Waals surface area contributed by atoms with Crippen LogP contribution in [0.5, 0.6) is 0 Å². The van der Waals surface area contributed by atoms with Crippen LogP contribution in [0.1, 0.15) is 18.5 Å². The molecule has 0 amide bonds. The number of anilines is 1. The van der Waals surface area contributed by atoms with E-state index in [2.05, 4.69) is 10.3 Å². The second kappa shape index (κ2) is 4.92. The Balaban J connectivity index is 2.09. The number of rotatable bonds is 4. The van der Waals surface area contributed by atoms with Crippen LogP contribution in [0.2, 0.25) is 0 Å². The SMILES string of the molecule is CC(Nc1nccs1)c1ccc([N+](=O)[O-])cc1. The van der Waals surface area contributed by atoms with Crippen LogP contribution in [0.15, 0.2) is 35.8 Å². The van der Waals surface area contributed by atoms with Crippen molar-refractivity contribution < 1.29 is 4.92 Å². The zero-order valence-electron chi connectivity index (χ0n) is 9.16. The topological polar surface area (TPSA) is 68.1 Å². The molecule has 1 atom stereocenters. The van der Waals surface area contributed by atoms with Gasteiger partial charge >= 0.3 is 0 Å². The molecule has 0 aliphatic rings. The Hall–Kier alpha value is -1.95. The second-order valence-corrected chi connectivity index (χ2v) is 4.45. The fraction of sp³-hybridized carbons (Fsp3) is 0.182. The van der Waals surface area contributed by atoms with Gasteiger partial charge in [0.05, 0.1) is 11.0 Å². The van der Waals surface area contributed by atoms with Crippen LogP contribution in [0.3, 0.4) is 0 Å². The van der Waals surface area contributed by atoms with Crippen LogP contribution in [0, 0.1) is 10.1 Å². The van der Waals surface area contributed by atoms with Crippen molar-refractivity contribution in [3.8, 4) is 0 Å². The van der Waals surface area contributed by atoms with Gasteiger partial charge in [-0.15, -0.1) is 11.3 Å². The molecule has 1 heterocycles. The van der Waals surface area contributed by atoms with Gasteiger partial charge in [0.15, 0.2) is 5.13 Å². The Labute approximate surface area is 102 Å². The number of nitrogens with zero attached hydrogens (tertiary/aromatic N) is 2. The van der Waals surface area contributed by atoms with Gasteiger partial charge < -0.3 is 5.32 Å². The van der Waals surface area contributed by atoms with Crippen LogP contribution >= 0.6 is 11.3 Å². The van der Waals surface area contributed by atoms with Crippen LogP contribution < -0.4 is 5.32 Å². The summed E-state index contributed by atoms with van der Waals surface area (Å²) in [7, 11) is 0. The van der Waals surface area contributed by atoms with Gasteiger partial charge in [-0.25, -0.2) is 4.98 Å². The summed E-state index contributed by atoms with van der Waals surface area (Å²) < 4.78 is 0. The fourth-order valence-corrected chi connectivity index (χ4v) is 2.07. The van der Waals surface area contributed by atoms with Gasteiger partial charge in [-0.1, -0.05) is 12.1 Å². The first-order valence-corrected chi connectivity index (χ1v) is 5.95. The van der Waals surface area contributed by atoms with E-state index in [4.69, 9.17) is 0 Å². The number of aromatic nitrogens is 1. The highest BCUT2D eigenvalue weighted by Gasteiger charge is 2.09. The second-order valence-electron chi connectivity index (χ2n) is 3.55. The van der Waals surface area contributed by atoms with Crippen molar-refractivity contribution in [1.82, 2.24) is 4.98 Å². The minimum atomic E-state index is -0.400. The van der Waals surface area contributed by atoms with Gasteiger partial charge in [-0.3, -0.25) is 10.1 Å². The van der Waals surface area contributed by atoms with Gasteiger partial charge in [-0.2, -0.15) is 0 Å². The van der Waals surface area contributed by atoms with Crippen molar-refractivity contribution in [2.75, 3.05) is 5.32 Å². The van der Waals surface area contributed by atoms with Crippen molar-refractivity contribution in [2.45, 2.75) is 13.0 Å². The lowest BCUT2D eigenvalue weighted by Crippen LogP contribution is -2.06. The Morgan fingerprint density at radius 1 is 1.41 bits per heavy atom. The normalized spacial score (nSPS) is 12.1. The molecule has 5 nitrogen and oxygen atoms in total. The number of nitro benzene ring substituents is 1. The molecule has 1 aromatic heterocycles. The van der Waals surface area contributed by atoms with E-state index in [1.165, 1.54) is 23.5 Å². The maximum atomic E-state index is 10.5. The van der Waals surface area contributed by atoms with Crippen molar-refractivity contribution in [3.05, 3.63) is 51.5 Å². The predicted molar refractivity (Wildman–Crippen MR) is 67.2 cm³/mol. The average molecular weight is 249 g/mol. The molecule has 0 aliphatic carbocycles. The Morgan fingerprint density at radius 3 is 2.65 bits per heavy atom. The maximum absolute atomic E-state index is 10.5. The number of thiazole rings is 1. The molecule has 88 valence electrons. The number of benzene rings is 1. The Kier molecular flexibility index (Phi) is 3.34. The van der Waals surface area contributed by atoms with Crippen molar-refractivity contribution in [3.63, 3.8) is 0 Å². The summed E-state index contributed by atoms with van der Waals surface area (Å²) in [5.41, 5.74) is 1.10. The standard InChI is InChI=1S/C11H11N3O2S/c1-8(13-11-12-6-7-17-11)9-2-4-10(5-3-9)14(15)16/h2-8H,1H3,(H,12,13). The van der Waals surface area contributed by atoms with Crippen LogP contribution in [0.25, 0.3) is 0 Å². The molecule has 0 spiro atoms.